The summed E-state index contributed by atoms with van der Waals surface area (Å²) in [6.45, 7) is 21.4. The molecule has 0 radical (unpaired) electrons. The zero-order chi connectivity index (χ0) is 41.1. The van der Waals surface area contributed by atoms with E-state index in [0.717, 1.165) is 96.5 Å². The maximum atomic E-state index is 12.7. The summed E-state index contributed by atoms with van der Waals surface area (Å²) in [6, 6.07) is 10.00. The first-order valence-electron chi connectivity index (χ1n) is 22.5. The number of aliphatic hydroxyl groups is 1. The van der Waals surface area contributed by atoms with Crippen LogP contribution in [0.2, 0.25) is 0 Å². The number of benzene rings is 2. The van der Waals surface area contributed by atoms with Gasteiger partial charge >= 0.3 is 5.97 Å². The average molecular weight is 771 g/mol. The van der Waals surface area contributed by atoms with Crippen LogP contribution in [0.25, 0.3) is 0 Å². The van der Waals surface area contributed by atoms with Crippen LogP contribution in [-0.4, -0.2) is 44.3 Å². The molecule has 6 atom stereocenters. The van der Waals surface area contributed by atoms with Crippen LogP contribution < -0.4 is 0 Å². The van der Waals surface area contributed by atoms with Gasteiger partial charge in [-0.25, -0.2) is 0 Å². The van der Waals surface area contributed by atoms with Crippen molar-refractivity contribution >= 4 is 11.8 Å². The lowest BCUT2D eigenvalue weighted by Crippen LogP contribution is -2.52. The molecule has 0 aromatic heterocycles. The van der Waals surface area contributed by atoms with Crippen LogP contribution in [0.4, 0.5) is 0 Å². The van der Waals surface area contributed by atoms with Crippen LogP contribution in [0.3, 0.4) is 0 Å². The molecule has 2 fully saturated rings. The zero-order valence-corrected chi connectivity index (χ0v) is 37.4. The van der Waals surface area contributed by atoms with Crippen molar-refractivity contribution in [1.29, 1.82) is 0 Å². The third kappa shape index (κ3) is 8.47. The van der Waals surface area contributed by atoms with Crippen molar-refractivity contribution in [2.24, 2.45) is 22.7 Å². The van der Waals surface area contributed by atoms with E-state index in [1.54, 1.807) is 18.2 Å². The van der Waals surface area contributed by atoms with Gasteiger partial charge in [0.1, 0.15) is 5.78 Å². The van der Waals surface area contributed by atoms with Crippen molar-refractivity contribution in [3.8, 4) is 0 Å². The van der Waals surface area contributed by atoms with Gasteiger partial charge in [0.15, 0.2) is 0 Å². The van der Waals surface area contributed by atoms with Gasteiger partial charge in [-0.1, -0.05) is 85.6 Å². The predicted molar refractivity (Wildman–Crippen MR) is 231 cm³/mol. The van der Waals surface area contributed by atoms with E-state index in [4.69, 9.17) is 9.47 Å². The van der Waals surface area contributed by atoms with E-state index < -0.39 is 0 Å². The molecule has 312 valence electrons. The van der Waals surface area contributed by atoms with E-state index >= 15 is 0 Å². The molecule has 0 bridgehead atoms. The highest BCUT2D eigenvalue weighted by atomic mass is 16.5. The molecule has 0 aliphatic heterocycles. The van der Waals surface area contributed by atoms with Crippen LogP contribution in [0.1, 0.15) is 196 Å². The van der Waals surface area contributed by atoms with Gasteiger partial charge in [0.05, 0.1) is 12.5 Å². The summed E-state index contributed by atoms with van der Waals surface area (Å²) >= 11 is 0. The Kier molecular flexibility index (Phi) is 14.5. The number of aryl methyl sites for hydroxylation is 4. The lowest BCUT2D eigenvalue weighted by molar-refractivity contribution is -0.161. The summed E-state index contributed by atoms with van der Waals surface area (Å²) in [4.78, 5) is 25.4. The minimum absolute atomic E-state index is 0.0335. The molecular weight excluding hydrogens is 693 g/mol. The number of esters is 1. The van der Waals surface area contributed by atoms with Crippen molar-refractivity contribution < 1.29 is 24.2 Å². The van der Waals surface area contributed by atoms with Gasteiger partial charge in [0, 0.05) is 25.7 Å². The molecule has 0 heterocycles. The minimum Gasteiger partial charge on any atom is -0.469 e. The van der Waals surface area contributed by atoms with Gasteiger partial charge in [-0.2, -0.15) is 0 Å². The van der Waals surface area contributed by atoms with Gasteiger partial charge < -0.3 is 14.6 Å². The van der Waals surface area contributed by atoms with Gasteiger partial charge in [-0.15, -0.1) is 0 Å². The van der Waals surface area contributed by atoms with Crippen molar-refractivity contribution in [1.82, 2.24) is 0 Å². The number of hydrogen-bond donors (Lipinski definition) is 1. The number of rotatable bonds is 13. The molecule has 2 saturated carbocycles. The summed E-state index contributed by atoms with van der Waals surface area (Å²) in [5.41, 5.74) is 11.7. The normalized spacial score (nSPS) is 29.4. The number of carbonyl (C=O) groups is 2. The van der Waals surface area contributed by atoms with Gasteiger partial charge in [-0.05, 0) is 183 Å². The molecular formula is C51H78O5. The standard InChI is InChI=1S/C26H40O2.C25H38O3/c1-18(2)22-16-21-11-12-24-25(4,19(3)27)13-9-14-26(24,5)23(21)17-20(22)10-7-8-15-28-6;1-17(2)20-15-19-10-11-22-24(3,12-8-13-25(22,4)23(27)28-5)21(19)16-18(20)9-6-7-14-26/h16-18,24H,7-15H2,1-6H3;15-17,22,26H,6-14H2,1-5H3. The van der Waals surface area contributed by atoms with Gasteiger partial charge in [0.2, 0.25) is 0 Å². The van der Waals surface area contributed by atoms with E-state index in [2.05, 4.69) is 79.7 Å². The van der Waals surface area contributed by atoms with Crippen LogP contribution in [0.15, 0.2) is 24.3 Å². The lowest BCUT2D eigenvalue weighted by atomic mass is 9.49. The monoisotopic (exact) mass is 771 g/mol. The molecule has 4 aliphatic carbocycles. The Labute approximate surface area is 341 Å². The number of methoxy groups -OCH3 is 2. The van der Waals surface area contributed by atoms with Gasteiger partial charge in [0.25, 0.3) is 0 Å². The highest BCUT2D eigenvalue weighted by Gasteiger charge is 2.56. The summed E-state index contributed by atoms with van der Waals surface area (Å²) < 4.78 is 10.5. The number of unbranched alkanes of at least 4 members (excludes halogenated alkanes) is 2. The summed E-state index contributed by atoms with van der Waals surface area (Å²) in [5.74, 6) is 2.24. The second-order valence-corrected chi connectivity index (χ2v) is 20.0. The Bertz CT molecular complexity index is 1690. The molecule has 5 nitrogen and oxygen atoms in total. The lowest BCUT2D eigenvalue weighted by Gasteiger charge is -2.54. The first-order chi connectivity index (χ1) is 26.5. The summed E-state index contributed by atoms with van der Waals surface area (Å²) in [7, 11) is 3.32. The fraction of sp³-hybridized carbons (Fsp3) is 0.725. The molecule has 2 aromatic rings. The fourth-order valence-corrected chi connectivity index (χ4v) is 12.6. The summed E-state index contributed by atoms with van der Waals surface area (Å²) in [5, 5.41) is 9.20. The SMILES string of the molecule is COC(=O)C1(C)CCCC2(C)c3cc(CCCCO)c(C(C)C)cc3CCC12.COCCCCc1cc2c(cc1C(C)C)CCC1C(C)(C(C)=O)CCCC21C. The third-order valence-corrected chi connectivity index (χ3v) is 15.8. The molecule has 0 spiro atoms. The third-order valence-electron chi connectivity index (χ3n) is 15.8. The van der Waals surface area contributed by atoms with Crippen LogP contribution >= 0.6 is 0 Å². The van der Waals surface area contributed by atoms with Crippen LogP contribution in [0.5, 0.6) is 0 Å². The predicted octanol–water partition coefficient (Wildman–Crippen LogP) is 11.7. The molecule has 6 unspecified atom stereocenters. The van der Waals surface area contributed by atoms with E-state index in [0.29, 0.717) is 29.5 Å². The van der Waals surface area contributed by atoms with E-state index in [9.17, 15) is 14.7 Å². The summed E-state index contributed by atoms with van der Waals surface area (Å²) in [6.07, 6.45) is 17.3. The molecule has 2 aromatic carbocycles. The number of fused-ring (bicyclic) bond motifs is 6. The largest absolute Gasteiger partial charge is 0.469 e. The maximum absolute atomic E-state index is 12.7. The highest BCUT2D eigenvalue weighted by Crippen LogP contribution is 2.59. The van der Waals surface area contributed by atoms with Crippen molar-refractivity contribution in [2.45, 2.75) is 188 Å². The molecule has 1 N–H and O–H groups in total. The molecule has 5 heteroatoms. The average Bonchev–Trinajstić information content (AvgIpc) is 3.16. The number of Topliss-reactive ketones (excluding diaryl/α,β-unsaturated/α-hetero) is 1. The topological polar surface area (TPSA) is 72.8 Å². The Hall–Kier alpha value is -2.50. The van der Waals surface area contributed by atoms with Crippen molar-refractivity contribution in [2.75, 3.05) is 27.4 Å². The first-order valence-corrected chi connectivity index (χ1v) is 22.5. The number of ketones is 1. The molecule has 6 rings (SSSR count). The fourth-order valence-electron chi connectivity index (χ4n) is 12.6. The van der Waals surface area contributed by atoms with Crippen molar-refractivity contribution in [3.63, 3.8) is 0 Å². The Balaban J connectivity index is 0.000000214. The molecule has 0 saturated heterocycles. The second kappa shape index (κ2) is 18.2. The number of carbonyl (C=O) groups excluding carboxylic acids is 2. The van der Waals surface area contributed by atoms with E-state index in [-0.39, 0.29) is 34.2 Å². The van der Waals surface area contributed by atoms with Crippen molar-refractivity contribution in [3.05, 3.63) is 68.8 Å². The van der Waals surface area contributed by atoms with E-state index in [1.165, 1.54) is 53.3 Å². The number of aliphatic hydroxyl groups excluding tert-OH is 1. The van der Waals surface area contributed by atoms with E-state index in [1.807, 2.05) is 6.92 Å². The Morgan fingerprint density at radius 2 is 1.16 bits per heavy atom. The molecule has 56 heavy (non-hydrogen) atoms. The first kappa shape index (κ1) is 44.6. The second-order valence-electron chi connectivity index (χ2n) is 20.0. The van der Waals surface area contributed by atoms with Crippen LogP contribution in [-0.2, 0) is 55.6 Å². The Morgan fingerprint density at radius 1 is 0.696 bits per heavy atom. The smallest absolute Gasteiger partial charge is 0.311 e. The number of ether oxygens (including phenoxy) is 2. The zero-order valence-electron chi connectivity index (χ0n) is 37.4. The van der Waals surface area contributed by atoms with Gasteiger partial charge in [-0.3, -0.25) is 9.59 Å². The highest BCUT2D eigenvalue weighted by molar-refractivity contribution is 5.83. The molecule has 4 aliphatic rings. The Morgan fingerprint density at radius 3 is 1.59 bits per heavy atom. The quantitative estimate of drug-likeness (QED) is 0.162. The maximum Gasteiger partial charge on any atom is 0.311 e. The minimum atomic E-state index is -0.382. The number of hydrogen-bond acceptors (Lipinski definition) is 5. The molecule has 0 amide bonds. The van der Waals surface area contributed by atoms with Crippen LogP contribution in [0, 0.1) is 22.7 Å².